The first-order valence-electron chi connectivity index (χ1n) is 8.53. The molecule has 0 atom stereocenters. The number of rotatable bonds is 5. The van der Waals surface area contributed by atoms with Gasteiger partial charge in [-0.25, -0.2) is 0 Å². The highest BCUT2D eigenvalue weighted by Gasteiger charge is 2.12. The second-order valence-corrected chi connectivity index (χ2v) is 6.17. The van der Waals surface area contributed by atoms with E-state index >= 15 is 0 Å². The van der Waals surface area contributed by atoms with Crippen molar-refractivity contribution in [1.82, 2.24) is 10.1 Å². The van der Waals surface area contributed by atoms with E-state index in [9.17, 15) is 0 Å². The highest BCUT2D eigenvalue weighted by Crippen LogP contribution is 2.26. The summed E-state index contributed by atoms with van der Waals surface area (Å²) in [6.45, 7) is 0.266. The molecule has 1 aliphatic rings. The van der Waals surface area contributed by atoms with Gasteiger partial charge in [-0.05, 0) is 73.2 Å². The zero-order chi connectivity index (χ0) is 17.1. The maximum atomic E-state index is 5.83. The number of hydrogen-bond acceptors (Lipinski definition) is 5. The van der Waals surface area contributed by atoms with Crippen molar-refractivity contribution >= 4 is 0 Å². The van der Waals surface area contributed by atoms with Crippen LogP contribution in [0, 0.1) is 0 Å². The van der Waals surface area contributed by atoms with Crippen molar-refractivity contribution in [3.63, 3.8) is 0 Å². The molecule has 0 fully saturated rings. The molecule has 0 saturated carbocycles. The van der Waals surface area contributed by atoms with Crippen molar-refractivity contribution in [3.05, 3.63) is 59.5 Å². The molecule has 0 amide bonds. The van der Waals surface area contributed by atoms with Gasteiger partial charge in [-0.1, -0.05) is 11.2 Å². The Balaban J connectivity index is 1.42. The monoisotopic (exact) mass is 336 g/mol. The molecule has 1 aromatic heterocycles. The molecule has 1 aliphatic carbocycles. The molecule has 5 heteroatoms. The van der Waals surface area contributed by atoms with Crippen molar-refractivity contribution in [3.8, 4) is 22.9 Å². The van der Waals surface area contributed by atoms with Gasteiger partial charge in [-0.15, -0.1) is 0 Å². The fourth-order valence-corrected chi connectivity index (χ4v) is 3.12. The van der Waals surface area contributed by atoms with Gasteiger partial charge < -0.3 is 14.0 Å². The summed E-state index contributed by atoms with van der Waals surface area (Å²) in [4.78, 5) is 4.39. The molecular weight excluding hydrogens is 316 g/mol. The number of nitrogens with zero attached hydrogens (tertiary/aromatic N) is 2. The zero-order valence-corrected chi connectivity index (χ0v) is 14.2. The minimum Gasteiger partial charge on any atom is -0.497 e. The van der Waals surface area contributed by atoms with Gasteiger partial charge in [0, 0.05) is 5.56 Å². The van der Waals surface area contributed by atoms with Gasteiger partial charge in [-0.2, -0.15) is 4.98 Å². The third kappa shape index (κ3) is 3.50. The lowest BCUT2D eigenvalue weighted by Crippen LogP contribution is -2.03. The second-order valence-electron chi connectivity index (χ2n) is 6.17. The number of methoxy groups -OCH3 is 1. The van der Waals surface area contributed by atoms with Gasteiger partial charge in [0.2, 0.25) is 5.82 Å². The van der Waals surface area contributed by atoms with Crippen LogP contribution in [0.5, 0.6) is 11.5 Å². The van der Waals surface area contributed by atoms with Crippen LogP contribution in [0.4, 0.5) is 0 Å². The minimum absolute atomic E-state index is 0.266. The summed E-state index contributed by atoms with van der Waals surface area (Å²) in [5.74, 6) is 2.66. The van der Waals surface area contributed by atoms with Gasteiger partial charge in [0.05, 0.1) is 7.11 Å². The summed E-state index contributed by atoms with van der Waals surface area (Å²) in [5, 5.41) is 4.02. The normalized spacial score (nSPS) is 13.3. The highest BCUT2D eigenvalue weighted by molar-refractivity contribution is 5.55. The lowest BCUT2D eigenvalue weighted by atomic mass is 9.92. The Kier molecular flexibility index (Phi) is 4.37. The number of aromatic nitrogens is 2. The summed E-state index contributed by atoms with van der Waals surface area (Å²) >= 11 is 0. The van der Waals surface area contributed by atoms with Crippen LogP contribution in [0.2, 0.25) is 0 Å². The maximum Gasteiger partial charge on any atom is 0.264 e. The highest BCUT2D eigenvalue weighted by atomic mass is 16.5. The molecule has 2 aromatic carbocycles. The Bertz CT molecular complexity index is 856. The molecule has 0 unspecified atom stereocenters. The van der Waals surface area contributed by atoms with E-state index in [0.717, 1.165) is 23.5 Å². The molecule has 0 aliphatic heterocycles. The van der Waals surface area contributed by atoms with Crippen molar-refractivity contribution in [1.29, 1.82) is 0 Å². The first-order chi connectivity index (χ1) is 12.3. The van der Waals surface area contributed by atoms with Crippen LogP contribution in [0.3, 0.4) is 0 Å². The molecule has 128 valence electrons. The minimum atomic E-state index is 0.266. The smallest absolute Gasteiger partial charge is 0.264 e. The lowest BCUT2D eigenvalue weighted by Gasteiger charge is -2.16. The van der Waals surface area contributed by atoms with E-state index in [1.165, 1.54) is 30.4 Å². The number of aryl methyl sites for hydroxylation is 2. The Labute approximate surface area is 146 Å². The fraction of sp³-hybridized carbons (Fsp3) is 0.300. The predicted molar refractivity (Wildman–Crippen MR) is 93.7 cm³/mol. The number of hydrogen-bond donors (Lipinski definition) is 0. The molecule has 0 bridgehead atoms. The molecular formula is C20H20N2O3. The molecule has 4 rings (SSSR count). The Morgan fingerprint density at radius 1 is 0.960 bits per heavy atom. The summed E-state index contributed by atoms with van der Waals surface area (Å²) in [6, 6.07) is 13.9. The number of benzene rings is 2. The van der Waals surface area contributed by atoms with Crippen molar-refractivity contribution in [2.45, 2.75) is 32.3 Å². The van der Waals surface area contributed by atoms with Crippen LogP contribution in [0.25, 0.3) is 11.4 Å². The fourth-order valence-electron chi connectivity index (χ4n) is 3.12. The Morgan fingerprint density at radius 2 is 1.72 bits per heavy atom. The molecule has 1 heterocycles. The lowest BCUT2D eigenvalue weighted by molar-refractivity contribution is 0.242. The summed E-state index contributed by atoms with van der Waals surface area (Å²) in [5.41, 5.74) is 3.72. The largest absolute Gasteiger partial charge is 0.497 e. The van der Waals surface area contributed by atoms with E-state index in [1.807, 2.05) is 30.3 Å². The van der Waals surface area contributed by atoms with E-state index in [2.05, 4.69) is 22.3 Å². The van der Waals surface area contributed by atoms with Crippen LogP contribution < -0.4 is 9.47 Å². The molecule has 0 spiro atoms. The topological polar surface area (TPSA) is 57.4 Å². The standard InChI is InChI=1S/C20H20N2O3/c1-23-17-9-7-15(8-10-17)20-21-19(25-22-20)13-24-18-11-6-14-4-2-3-5-16(14)12-18/h6-12H,2-5,13H2,1H3. The van der Waals surface area contributed by atoms with Gasteiger partial charge >= 0.3 is 0 Å². The van der Waals surface area contributed by atoms with Gasteiger partial charge in [-0.3, -0.25) is 0 Å². The second kappa shape index (κ2) is 6.97. The average Bonchev–Trinajstić information content (AvgIpc) is 3.15. The SMILES string of the molecule is COc1ccc(-c2noc(COc3ccc4c(c3)CCCC4)n2)cc1. The molecule has 0 radical (unpaired) electrons. The maximum absolute atomic E-state index is 5.83. The molecule has 0 saturated heterocycles. The van der Waals surface area contributed by atoms with Crippen LogP contribution in [-0.2, 0) is 19.4 Å². The average molecular weight is 336 g/mol. The predicted octanol–water partition coefficient (Wildman–Crippen LogP) is 4.20. The first kappa shape index (κ1) is 15.7. The van der Waals surface area contributed by atoms with Crippen LogP contribution >= 0.6 is 0 Å². The summed E-state index contributed by atoms with van der Waals surface area (Å²) in [7, 11) is 1.64. The number of ether oxygens (including phenoxy) is 2. The van der Waals surface area contributed by atoms with Crippen LogP contribution in [0.15, 0.2) is 47.0 Å². The Hall–Kier alpha value is -2.82. The van der Waals surface area contributed by atoms with E-state index in [-0.39, 0.29) is 6.61 Å². The van der Waals surface area contributed by atoms with Crippen molar-refractivity contribution < 1.29 is 14.0 Å². The summed E-state index contributed by atoms with van der Waals surface area (Å²) < 4.78 is 16.3. The van der Waals surface area contributed by atoms with E-state index < -0.39 is 0 Å². The van der Waals surface area contributed by atoms with Crippen LogP contribution in [-0.4, -0.2) is 17.3 Å². The zero-order valence-electron chi connectivity index (χ0n) is 14.2. The third-order valence-corrected chi connectivity index (χ3v) is 4.50. The van der Waals surface area contributed by atoms with Crippen LogP contribution in [0.1, 0.15) is 29.9 Å². The van der Waals surface area contributed by atoms with Gasteiger partial charge in [0.25, 0.3) is 5.89 Å². The van der Waals surface area contributed by atoms with E-state index in [1.54, 1.807) is 7.11 Å². The quantitative estimate of drug-likeness (QED) is 0.699. The third-order valence-electron chi connectivity index (χ3n) is 4.50. The number of fused-ring (bicyclic) bond motifs is 1. The molecule has 25 heavy (non-hydrogen) atoms. The Morgan fingerprint density at radius 3 is 2.52 bits per heavy atom. The van der Waals surface area contributed by atoms with E-state index in [4.69, 9.17) is 14.0 Å². The summed E-state index contributed by atoms with van der Waals surface area (Å²) in [6.07, 6.45) is 4.84. The van der Waals surface area contributed by atoms with Crippen molar-refractivity contribution in [2.24, 2.45) is 0 Å². The molecule has 0 N–H and O–H groups in total. The van der Waals surface area contributed by atoms with Gasteiger partial charge in [0.1, 0.15) is 11.5 Å². The molecule has 5 nitrogen and oxygen atoms in total. The van der Waals surface area contributed by atoms with Crippen molar-refractivity contribution in [2.75, 3.05) is 7.11 Å². The van der Waals surface area contributed by atoms with E-state index in [0.29, 0.717) is 11.7 Å². The van der Waals surface area contributed by atoms with Gasteiger partial charge in [0.15, 0.2) is 6.61 Å². The molecule has 3 aromatic rings. The first-order valence-corrected chi connectivity index (χ1v) is 8.53.